The van der Waals surface area contributed by atoms with Gasteiger partial charge in [-0.15, -0.1) is 0 Å². The van der Waals surface area contributed by atoms with E-state index < -0.39 is 9.05 Å². The summed E-state index contributed by atoms with van der Waals surface area (Å²) in [6.45, 7) is 3.68. The van der Waals surface area contributed by atoms with Crippen molar-refractivity contribution in [2.45, 2.75) is 25.3 Å². The smallest absolute Gasteiger partial charge is 0.261 e. The third kappa shape index (κ3) is 3.90. The molecule has 2 aromatic rings. The molecular weight excluding hydrogens is 331 g/mol. The molecule has 2 rings (SSSR count). The maximum absolute atomic E-state index is 11.5. The summed E-state index contributed by atoms with van der Waals surface area (Å²) in [5, 5.41) is 0.630. The number of benzene rings is 2. The lowest BCUT2D eigenvalue weighted by Crippen LogP contribution is -2.01. The Morgan fingerprint density at radius 1 is 1.10 bits per heavy atom. The molecule has 0 spiro atoms. The predicted molar refractivity (Wildman–Crippen MR) is 84.7 cm³/mol. The van der Waals surface area contributed by atoms with Crippen LogP contribution in [0.2, 0.25) is 5.02 Å². The maximum Gasteiger partial charge on any atom is 0.261 e. The second-order valence-electron chi connectivity index (χ2n) is 4.70. The minimum atomic E-state index is -3.76. The normalized spacial score (nSPS) is 11.4. The molecule has 0 atom stereocenters. The Bertz CT molecular complexity index is 747. The van der Waals surface area contributed by atoms with Crippen LogP contribution in [0.3, 0.4) is 0 Å². The van der Waals surface area contributed by atoms with Crippen molar-refractivity contribution >= 4 is 31.3 Å². The molecule has 0 aliphatic rings. The van der Waals surface area contributed by atoms with Gasteiger partial charge in [0.25, 0.3) is 9.05 Å². The molecule has 0 saturated carbocycles. The molecule has 0 heterocycles. The highest BCUT2D eigenvalue weighted by molar-refractivity contribution is 8.13. The van der Waals surface area contributed by atoms with Crippen LogP contribution in [0.5, 0.6) is 5.75 Å². The second kappa shape index (κ2) is 6.26. The summed E-state index contributed by atoms with van der Waals surface area (Å²) in [6.07, 6.45) is 0. The van der Waals surface area contributed by atoms with E-state index in [0.29, 0.717) is 28.5 Å². The molecule has 0 aromatic heterocycles. The second-order valence-corrected chi connectivity index (χ2v) is 7.61. The van der Waals surface area contributed by atoms with Crippen LogP contribution in [0.15, 0.2) is 41.3 Å². The first-order valence-electron chi connectivity index (χ1n) is 6.21. The van der Waals surface area contributed by atoms with Gasteiger partial charge < -0.3 is 4.74 Å². The molecule has 0 radical (unpaired) electrons. The number of hydrogen-bond donors (Lipinski definition) is 0. The van der Waals surface area contributed by atoms with Gasteiger partial charge in [0.15, 0.2) is 0 Å². The Hall–Kier alpha value is -1.23. The fourth-order valence-corrected chi connectivity index (χ4v) is 3.96. The van der Waals surface area contributed by atoms with Gasteiger partial charge in [-0.3, -0.25) is 0 Å². The zero-order valence-corrected chi connectivity index (χ0v) is 13.9. The fraction of sp³-hybridized carbons (Fsp3) is 0.200. The SMILES string of the molecule is Cc1cc(OCc2ccccc2Cl)cc(C)c1S(=O)(=O)Cl. The van der Waals surface area contributed by atoms with E-state index in [9.17, 15) is 8.42 Å². The number of hydrogen-bond acceptors (Lipinski definition) is 3. The van der Waals surface area contributed by atoms with Crippen molar-refractivity contribution in [2.75, 3.05) is 0 Å². The van der Waals surface area contributed by atoms with Crippen molar-refractivity contribution in [1.29, 1.82) is 0 Å². The quantitative estimate of drug-likeness (QED) is 0.768. The molecule has 0 N–H and O–H groups in total. The summed E-state index contributed by atoms with van der Waals surface area (Å²) in [5.74, 6) is 0.578. The number of ether oxygens (including phenoxy) is 1. The zero-order valence-electron chi connectivity index (χ0n) is 11.6. The monoisotopic (exact) mass is 344 g/mol. The third-order valence-electron chi connectivity index (χ3n) is 3.03. The Balaban J connectivity index is 2.25. The lowest BCUT2D eigenvalue weighted by Gasteiger charge is -2.12. The standard InChI is InChI=1S/C15H14Cl2O3S/c1-10-7-13(8-11(2)15(10)21(17,18)19)20-9-12-5-3-4-6-14(12)16/h3-8H,9H2,1-2H3. The Morgan fingerprint density at radius 3 is 2.19 bits per heavy atom. The van der Waals surface area contributed by atoms with E-state index in [1.54, 1.807) is 32.0 Å². The van der Waals surface area contributed by atoms with Crippen LogP contribution in [0.4, 0.5) is 0 Å². The molecule has 112 valence electrons. The summed E-state index contributed by atoms with van der Waals surface area (Å²) < 4.78 is 28.7. The van der Waals surface area contributed by atoms with E-state index in [1.165, 1.54) is 0 Å². The molecule has 0 bridgehead atoms. The summed E-state index contributed by atoms with van der Waals surface area (Å²) in [4.78, 5) is 0.134. The van der Waals surface area contributed by atoms with Gasteiger partial charge in [-0.25, -0.2) is 8.42 Å². The largest absolute Gasteiger partial charge is 0.489 e. The molecule has 0 aliphatic heterocycles. The summed E-state index contributed by atoms with van der Waals surface area (Å²) in [6, 6.07) is 10.7. The molecule has 6 heteroatoms. The molecule has 0 aliphatic carbocycles. The van der Waals surface area contributed by atoms with Crippen LogP contribution in [0, 0.1) is 13.8 Å². The van der Waals surface area contributed by atoms with Gasteiger partial charge in [-0.2, -0.15) is 0 Å². The zero-order chi connectivity index (χ0) is 15.6. The summed E-state index contributed by atoms with van der Waals surface area (Å²) in [7, 11) is 1.67. The molecule has 0 amide bonds. The highest BCUT2D eigenvalue weighted by Crippen LogP contribution is 2.29. The van der Waals surface area contributed by atoms with Crippen molar-refractivity contribution in [3.05, 3.63) is 58.1 Å². The average molecular weight is 345 g/mol. The first-order valence-corrected chi connectivity index (χ1v) is 8.90. The average Bonchev–Trinajstić information content (AvgIpc) is 2.35. The van der Waals surface area contributed by atoms with Crippen molar-refractivity contribution < 1.29 is 13.2 Å². The summed E-state index contributed by atoms with van der Waals surface area (Å²) >= 11 is 6.06. The van der Waals surface area contributed by atoms with Crippen LogP contribution >= 0.6 is 22.3 Å². The van der Waals surface area contributed by atoms with Crippen LogP contribution in [-0.4, -0.2) is 8.42 Å². The highest BCUT2D eigenvalue weighted by atomic mass is 35.7. The fourth-order valence-electron chi connectivity index (χ4n) is 2.15. The highest BCUT2D eigenvalue weighted by Gasteiger charge is 2.17. The third-order valence-corrected chi connectivity index (χ3v) is 4.99. The van der Waals surface area contributed by atoms with Crippen LogP contribution in [0.25, 0.3) is 0 Å². The van der Waals surface area contributed by atoms with Gasteiger partial charge in [-0.05, 0) is 43.2 Å². The number of halogens is 2. The lowest BCUT2D eigenvalue weighted by atomic mass is 10.1. The van der Waals surface area contributed by atoms with Gasteiger partial charge in [0.05, 0.1) is 4.90 Å². The van der Waals surface area contributed by atoms with E-state index in [0.717, 1.165) is 5.56 Å². The Labute approximate surface area is 133 Å². The van der Waals surface area contributed by atoms with Gasteiger partial charge in [0.2, 0.25) is 0 Å². The minimum Gasteiger partial charge on any atom is -0.489 e. The van der Waals surface area contributed by atoms with Crippen LogP contribution in [0.1, 0.15) is 16.7 Å². The number of aryl methyl sites for hydroxylation is 2. The van der Waals surface area contributed by atoms with Gasteiger partial charge in [0.1, 0.15) is 12.4 Å². The van der Waals surface area contributed by atoms with Crippen molar-refractivity contribution in [1.82, 2.24) is 0 Å². The first kappa shape index (κ1) is 16.1. The van der Waals surface area contributed by atoms with E-state index in [2.05, 4.69) is 0 Å². The minimum absolute atomic E-state index is 0.134. The van der Waals surface area contributed by atoms with E-state index in [4.69, 9.17) is 27.0 Å². The lowest BCUT2D eigenvalue weighted by molar-refractivity contribution is 0.305. The molecule has 0 saturated heterocycles. The molecular formula is C15H14Cl2O3S. The predicted octanol–water partition coefficient (Wildman–Crippen LogP) is 4.46. The molecule has 2 aromatic carbocycles. The van der Waals surface area contributed by atoms with Gasteiger partial charge in [0, 0.05) is 21.3 Å². The molecule has 0 unspecified atom stereocenters. The Morgan fingerprint density at radius 2 is 1.67 bits per heavy atom. The Kier molecular flexibility index (Phi) is 4.81. The topological polar surface area (TPSA) is 43.4 Å². The van der Waals surface area contributed by atoms with Crippen molar-refractivity contribution in [3.8, 4) is 5.75 Å². The summed E-state index contributed by atoms with van der Waals surface area (Å²) in [5.41, 5.74) is 1.97. The first-order chi connectivity index (χ1) is 9.79. The molecule has 0 fully saturated rings. The van der Waals surface area contributed by atoms with Crippen LogP contribution in [-0.2, 0) is 15.7 Å². The van der Waals surface area contributed by atoms with Crippen molar-refractivity contribution in [2.24, 2.45) is 0 Å². The van der Waals surface area contributed by atoms with E-state index in [1.807, 2.05) is 18.2 Å². The molecule has 21 heavy (non-hydrogen) atoms. The van der Waals surface area contributed by atoms with E-state index >= 15 is 0 Å². The van der Waals surface area contributed by atoms with Crippen molar-refractivity contribution in [3.63, 3.8) is 0 Å². The van der Waals surface area contributed by atoms with E-state index in [-0.39, 0.29) is 4.90 Å². The van der Waals surface area contributed by atoms with Crippen LogP contribution < -0.4 is 4.74 Å². The van der Waals surface area contributed by atoms with Gasteiger partial charge >= 0.3 is 0 Å². The molecule has 3 nitrogen and oxygen atoms in total. The number of rotatable bonds is 4. The maximum atomic E-state index is 11.5. The van der Waals surface area contributed by atoms with Gasteiger partial charge in [-0.1, -0.05) is 29.8 Å².